The van der Waals surface area contributed by atoms with Gasteiger partial charge in [-0.05, 0) is 19.8 Å². The molecule has 1 atom stereocenters. The molecule has 84 valence electrons. The van der Waals surface area contributed by atoms with Crippen molar-refractivity contribution in [2.45, 2.75) is 46.1 Å². The Balaban J connectivity index is 2.74. The molecular formula is C11H19N3O. The average Bonchev–Trinajstić information content (AvgIpc) is 2.15. The zero-order chi connectivity index (χ0) is 11.3. The van der Waals surface area contributed by atoms with Crippen LogP contribution in [0.4, 0.5) is 5.82 Å². The molecule has 0 aromatic carbocycles. The normalized spacial score (nSPS) is 12.5. The van der Waals surface area contributed by atoms with Crippen molar-refractivity contribution in [3.63, 3.8) is 0 Å². The van der Waals surface area contributed by atoms with Crippen molar-refractivity contribution in [3.05, 3.63) is 22.2 Å². The first-order valence-electron chi connectivity index (χ1n) is 5.50. The maximum atomic E-state index is 11.2. The van der Waals surface area contributed by atoms with E-state index in [2.05, 4.69) is 29.1 Å². The highest BCUT2D eigenvalue weighted by molar-refractivity contribution is 5.34. The van der Waals surface area contributed by atoms with Gasteiger partial charge in [0.05, 0.1) is 0 Å². The minimum atomic E-state index is -0.101. The van der Waals surface area contributed by atoms with Gasteiger partial charge in [-0.1, -0.05) is 20.3 Å². The molecule has 0 bridgehead atoms. The van der Waals surface area contributed by atoms with E-state index in [0.29, 0.717) is 17.7 Å². The van der Waals surface area contributed by atoms with Crippen molar-refractivity contribution < 1.29 is 0 Å². The van der Waals surface area contributed by atoms with Crippen molar-refractivity contribution in [3.8, 4) is 0 Å². The molecule has 0 fully saturated rings. The zero-order valence-electron chi connectivity index (χ0n) is 9.63. The van der Waals surface area contributed by atoms with E-state index in [1.54, 1.807) is 6.92 Å². The summed E-state index contributed by atoms with van der Waals surface area (Å²) in [7, 11) is 0. The maximum absolute atomic E-state index is 11.2. The van der Waals surface area contributed by atoms with Gasteiger partial charge in [-0.25, -0.2) is 4.98 Å². The van der Waals surface area contributed by atoms with Gasteiger partial charge < -0.3 is 10.3 Å². The predicted molar refractivity (Wildman–Crippen MR) is 62.2 cm³/mol. The Morgan fingerprint density at radius 3 is 2.80 bits per heavy atom. The van der Waals surface area contributed by atoms with Gasteiger partial charge in [-0.3, -0.25) is 4.79 Å². The minimum absolute atomic E-state index is 0.101. The number of aromatic amines is 1. The smallest absolute Gasteiger partial charge is 0.252 e. The van der Waals surface area contributed by atoms with Crippen LogP contribution in [0.2, 0.25) is 0 Å². The summed E-state index contributed by atoms with van der Waals surface area (Å²) in [6, 6.07) is 1.91. The van der Waals surface area contributed by atoms with E-state index in [-0.39, 0.29) is 5.56 Å². The lowest BCUT2D eigenvalue weighted by atomic mass is 10.1. The summed E-state index contributed by atoms with van der Waals surface area (Å²) in [5.41, 5.74) is -0.101. The van der Waals surface area contributed by atoms with Crippen molar-refractivity contribution in [2.24, 2.45) is 0 Å². The second-order valence-electron chi connectivity index (χ2n) is 3.75. The third-order valence-electron chi connectivity index (χ3n) is 2.34. The number of rotatable bonds is 5. The number of anilines is 1. The van der Waals surface area contributed by atoms with E-state index in [0.717, 1.165) is 19.3 Å². The van der Waals surface area contributed by atoms with Crippen LogP contribution in [0.1, 0.15) is 38.9 Å². The molecule has 1 aromatic heterocycles. The summed E-state index contributed by atoms with van der Waals surface area (Å²) in [6.07, 6.45) is 3.28. The Morgan fingerprint density at radius 2 is 2.27 bits per heavy atom. The number of hydrogen-bond donors (Lipinski definition) is 2. The molecule has 0 amide bonds. The maximum Gasteiger partial charge on any atom is 0.252 e. The van der Waals surface area contributed by atoms with Crippen LogP contribution in [0.3, 0.4) is 0 Å². The van der Waals surface area contributed by atoms with Crippen LogP contribution >= 0.6 is 0 Å². The molecule has 0 aliphatic rings. The molecule has 0 spiro atoms. The molecule has 15 heavy (non-hydrogen) atoms. The van der Waals surface area contributed by atoms with E-state index < -0.39 is 0 Å². The van der Waals surface area contributed by atoms with Crippen molar-refractivity contribution in [1.82, 2.24) is 9.97 Å². The second-order valence-corrected chi connectivity index (χ2v) is 3.75. The Hall–Kier alpha value is -1.32. The summed E-state index contributed by atoms with van der Waals surface area (Å²) in [6.45, 7) is 6.07. The van der Waals surface area contributed by atoms with Crippen LogP contribution in [-0.2, 0) is 0 Å². The highest BCUT2D eigenvalue weighted by atomic mass is 16.1. The van der Waals surface area contributed by atoms with Crippen LogP contribution < -0.4 is 10.9 Å². The average molecular weight is 209 g/mol. The fraction of sp³-hybridized carbons (Fsp3) is 0.636. The first kappa shape index (κ1) is 11.8. The highest BCUT2D eigenvalue weighted by Crippen LogP contribution is 2.08. The molecule has 4 heteroatoms. The molecule has 0 saturated carbocycles. The van der Waals surface area contributed by atoms with E-state index in [1.165, 1.54) is 6.07 Å². The van der Waals surface area contributed by atoms with Crippen LogP contribution in [0.15, 0.2) is 10.9 Å². The number of nitrogens with one attached hydrogen (secondary N) is 2. The Kier molecular flexibility index (Phi) is 4.34. The van der Waals surface area contributed by atoms with Gasteiger partial charge in [0, 0.05) is 12.1 Å². The van der Waals surface area contributed by atoms with Crippen molar-refractivity contribution in [1.29, 1.82) is 0 Å². The number of aryl methyl sites for hydroxylation is 1. The molecule has 2 N–H and O–H groups in total. The fourth-order valence-electron chi connectivity index (χ4n) is 1.59. The Labute approximate surface area is 90.1 Å². The summed E-state index contributed by atoms with van der Waals surface area (Å²) < 4.78 is 0. The topological polar surface area (TPSA) is 57.8 Å². The predicted octanol–water partition coefficient (Wildman–Crippen LogP) is 2.07. The summed E-state index contributed by atoms with van der Waals surface area (Å²) >= 11 is 0. The molecule has 1 aromatic rings. The monoisotopic (exact) mass is 209 g/mol. The third-order valence-corrected chi connectivity index (χ3v) is 2.34. The largest absolute Gasteiger partial charge is 0.367 e. The highest BCUT2D eigenvalue weighted by Gasteiger charge is 2.06. The summed E-state index contributed by atoms with van der Waals surface area (Å²) in [4.78, 5) is 18.1. The lowest BCUT2D eigenvalue weighted by molar-refractivity contribution is 0.619. The molecule has 1 unspecified atom stereocenters. The van der Waals surface area contributed by atoms with Gasteiger partial charge in [-0.2, -0.15) is 0 Å². The summed E-state index contributed by atoms with van der Waals surface area (Å²) in [5.74, 6) is 1.33. The van der Waals surface area contributed by atoms with E-state index >= 15 is 0 Å². The number of H-pyrrole nitrogens is 1. The molecule has 0 aliphatic heterocycles. The molecule has 0 saturated heterocycles. The first-order chi connectivity index (χ1) is 7.15. The van der Waals surface area contributed by atoms with Crippen molar-refractivity contribution in [2.75, 3.05) is 5.32 Å². The Bertz CT molecular complexity index is 359. The number of hydrogen-bond acceptors (Lipinski definition) is 3. The molecular weight excluding hydrogens is 190 g/mol. The van der Waals surface area contributed by atoms with Gasteiger partial charge in [0.1, 0.15) is 11.6 Å². The van der Waals surface area contributed by atoms with Crippen LogP contribution in [-0.4, -0.2) is 16.0 Å². The van der Waals surface area contributed by atoms with Crippen LogP contribution in [0.25, 0.3) is 0 Å². The molecule has 4 nitrogen and oxygen atoms in total. The molecule has 1 heterocycles. The summed E-state index contributed by atoms with van der Waals surface area (Å²) in [5, 5.41) is 3.28. The van der Waals surface area contributed by atoms with Crippen molar-refractivity contribution >= 4 is 5.82 Å². The number of aromatic nitrogens is 2. The lowest BCUT2D eigenvalue weighted by Gasteiger charge is -2.16. The van der Waals surface area contributed by atoms with E-state index in [4.69, 9.17) is 0 Å². The molecule has 0 radical (unpaired) electrons. The van der Waals surface area contributed by atoms with Gasteiger partial charge in [0.2, 0.25) is 0 Å². The SMILES string of the molecule is CCCC(CC)Nc1cc(=O)[nH]c(C)n1. The quantitative estimate of drug-likeness (QED) is 0.780. The third kappa shape index (κ3) is 3.73. The van der Waals surface area contributed by atoms with Crippen LogP contribution in [0, 0.1) is 6.92 Å². The fourth-order valence-corrected chi connectivity index (χ4v) is 1.59. The first-order valence-corrected chi connectivity index (χ1v) is 5.50. The minimum Gasteiger partial charge on any atom is -0.367 e. The molecule has 0 aliphatic carbocycles. The van der Waals surface area contributed by atoms with Crippen LogP contribution in [0.5, 0.6) is 0 Å². The number of nitrogens with zero attached hydrogens (tertiary/aromatic N) is 1. The zero-order valence-corrected chi connectivity index (χ0v) is 9.63. The van der Waals surface area contributed by atoms with Gasteiger partial charge >= 0.3 is 0 Å². The Morgan fingerprint density at radius 1 is 1.53 bits per heavy atom. The standard InChI is InChI=1S/C11H19N3O/c1-4-6-9(5-2)14-10-7-11(15)13-8(3)12-10/h7,9H,4-6H2,1-3H3,(H2,12,13,14,15). The van der Waals surface area contributed by atoms with E-state index in [9.17, 15) is 4.79 Å². The second kappa shape index (κ2) is 5.53. The van der Waals surface area contributed by atoms with E-state index in [1.807, 2.05) is 0 Å². The van der Waals surface area contributed by atoms with Gasteiger partial charge in [0.25, 0.3) is 5.56 Å². The molecule has 1 rings (SSSR count). The lowest BCUT2D eigenvalue weighted by Crippen LogP contribution is -2.21. The van der Waals surface area contributed by atoms with Gasteiger partial charge in [-0.15, -0.1) is 0 Å². The van der Waals surface area contributed by atoms with Gasteiger partial charge in [0.15, 0.2) is 0 Å².